The van der Waals surface area contributed by atoms with Crippen LogP contribution < -0.4 is 10.6 Å². The second-order valence-corrected chi connectivity index (χ2v) is 8.82. The molecule has 0 aliphatic carbocycles. The summed E-state index contributed by atoms with van der Waals surface area (Å²) in [6, 6.07) is 6.99. The number of thiophene rings is 1. The van der Waals surface area contributed by atoms with Crippen molar-refractivity contribution in [2.24, 2.45) is 0 Å². The van der Waals surface area contributed by atoms with Crippen molar-refractivity contribution in [1.82, 2.24) is 0 Å². The SMILES string of the molecule is COC(=O)c1c(NC(=O)c2cc([N+](=O)[O-])cc([N+](=O)[O-])c2)sc(C(=O)Nc2cccc(Cl)c2Cl)c1C. The fourth-order valence-corrected chi connectivity index (χ4v) is 4.49. The Labute approximate surface area is 216 Å². The summed E-state index contributed by atoms with van der Waals surface area (Å²) in [6.07, 6.45) is 0. The lowest BCUT2D eigenvalue weighted by Crippen LogP contribution is -2.15. The smallest absolute Gasteiger partial charge is 0.341 e. The maximum atomic E-state index is 13.0. The summed E-state index contributed by atoms with van der Waals surface area (Å²) in [4.78, 5) is 58.8. The van der Waals surface area contributed by atoms with Crippen LogP contribution in [-0.4, -0.2) is 34.7 Å². The first-order valence-electron chi connectivity index (χ1n) is 9.66. The number of esters is 1. The fourth-order valence-electron chi connectivity index (χ4n) is 3.06. The Morgan fingerprint density at radius 1 is 0.972 bits per heavy atom. The standard InChI is InChI=1S/C21H14Cl2N4O8S/c1-9-15(21(30)35-2)20(36-17(9)19(29)24-14-5-3-4-13(22)16(14)23)25-18(28)10-6-11(26(31)32)8-12(7-10)27(33)34/h3-8H,1-2H3,(H,24,29)(H,25,28). The first-order chi connectivity index (χ1) is 16.9. The summed E-state index contributed by atoms with van der Waals surface area (Å²) in [5, 5.41) is 27.4. The van der Waals surface area contributed by atoms with Gasteiger partial charge in [0.2, 0.25) is 0 Å². The Bertz CT molecular complexity index is 1410. The van der Waals surface area contributed by atoms with E-state index in [1.807, 2.05) is 0 Å². The van der Waals surface area contributed by atoms with Crippen LogP contribution in [0.15, 0.2) is 36.4 Å². The molecule has 186 valence electrons. The van der Waals surface area contributed by atoms with Gasteiger partial charge >= 0.3 is 5.97 Å². The monoisotopic (exact) mass is 552 g/mol. The number of halogens is 2. The zero-order valence-corrected chi connectivity index (χ0v) is 20.6. The summed E-state index contributed by atoms with van der Waals surface area (Å²) in [5.41, 5.74) is -1.53. The topological polar surface area (TPSA) is 171 Å². The average molecular weight is 553 g/mol. The van der Waals surface area contributed by atoms with Gasteiger partial charge < -0.3 is 15.4 Å². The lowest BCUT2D eigenvalue weighted by atomic mass is 10.1. The molecule has 3 aromatic rings. The van der Waals surface area contributed by atoms with Crippen molar-refractivity contribution in [2.75, 3.05) is 17.7 Å². The lowest BCUT2D eigenvalue weighted by molar-refractivity contribution is -0.394. The number of hydrogen-bond acceptors (Lipinski definition) is 9. The van der Waals surface area contributed by atoms with Crippen molar-refractivity contribution >= 4 is 74.4 Å². The predicted octanol–water partition coefficient (Wildman–Crippen LogP) is 5.47. The number of nitrogens with zero attached hydrogens (tertiary/aromatic N) is 2. The van der Waals surface area contributed by atoms with Gasteiger partial charge in [0.05, 0.1) is 54.8 Å². The minimum absolute atomic E-state index is 0.0202. The molecule has 0 spiro atoms. The van der Waals surface area contributed by atoms with Crippen LogP contribution in [0, 0.1) is 27.2 Å². The van der Waals surface area contributed by atoms with Crippen LogP contribution in [0.5, 0.6) is 0 Å². The molecule has 1 aromatic heterocycles. The summed E-state index contributed by atoms with van der Waals surface area (Å²) >= 11 is 12.8. The summed E-state index contributed by atoms with van der Waals surface area (Å²) in [7, 11) is 1.10. The minimum Gasteiger partial charge on any atom is -0.465 e. The Kier molecular flexibility index (Phi) is 7.87. The number of nitro groups is 2. The molecule has 2 N–H and O–H groups in total. The van der Waals surface area contributed by atoms with Crippen molar-refractivity contribution < 1.29 is 29.0 Å². The van der Waals surface area contributed by atoms with E-state index in [-0.39, 0.29) is 36.7 Å². The molecule has 0 bridgehead atoms. The molecule has 36 heavy (non-hydrogen) atoms. The van der Waals surface area contributed by atoms with E-state index in [9.17, 15) is 34.6 Å². The van der Waals surface area contributed by atoms with Gasteiger partial charge in [-0.05, 0) is 24.6 Å². The highest BCUT2D eigenvalue weighted by molar-refractivity contribution is 7.19. The Hall–Kier alpha value is -4.07. The molecule has 0 saturated carbocycles. The van der Waals surface area contributed by atoms with E-state index in [1.165, 1.54) is 19.1 Å². The van der Waals surface area contributed by atoms with Gasteiger partial charge in [-0.25, -0.2) is 4.79 Å². The highest BCUT2D eigenvalue weighted by Gasteiger charge is 2.28. The van der Waals surface area contributed by atoms with Crippen molar-refractivity contribution in [3.05, 3.63) is 88.2 Å². The van der Waals surface area contributed by atoms with Crippen LogP contribution in [0.25, 0.3) is 0 Å². The average Bonchev–Trinajstić information content (AvgIpc) is 3.16. The van der Waals surface area contributed by atoms with Gasteiger partial charge in [0, 0.05) is 12.1 Å². The first kappa shape index (κ1) is 26.5. The molecular weight excluding hydrogens is 539 g/mol. The number of non-ortho nitro benzene ring substituents is 2. The molecule has 0 aliphatic rings. The van der Waals surface area contributed by atoms with Crippen LogP contribution in [0.1, 0.15) is 36.0 Å². The van der Waals surface area contributed by atoms with Gasteiger partial charge in [-0.3, -0.25) is 29.8 Å². The van der Waals surface area contributed by atoms with Crippen LogP contribution in [0.2, 0.25) is 10.0 Å². The quantitative estimate of drug-likeness (QED) is 0.220. The molecule has 0 unspecified atom stereocenters. The molecule has 0 aliphatic heterocycles. The summed E-state index contributed by atoms with van der Waals surface area (Å²) in [5.74, 6) is -2.53. The first-order valence-corrected chi connectivity index (χ1v) is 11.2. The van der Waals surface area contributed by atoms with E-state index in [1.54, 1.807) is 6.07 Å². The maximum Gasteiger partial charge on any atom is 0.341 e. The van der Waals surface area contributed by atoms with E-state index in [0.29, 0.717) is 6.07 Å². The molecule has 2 aromatic carbocycles. The minimum atomic E-state index is -0.988. The lowest BCUT2D eigenvalue weighted by Gasteiger charge is -2.07. The number of ether oxygens (including phenoxy) is 1. The maximum absolute atomic E-state index is 13.0. The highest BCUT2D eigenvalue weighted by Crippen LogP contribution is 2.36. The zero-order chi connectivity index (χ0) is 26.7. The second kappa shape index (κ2) is 10.7. The van der Waals surface area contributed by atoms with Crippen LogP contribution >= 0.6 is 34.5 Å². The molecule has 12 nitrogen and oxygen atoms in total. The molecule has 1 heterocycles. The number of hydrogen-bond donors (Lipinski definition) is 2. The molecule has 3 rings (SSSR count). The Morgan fingerprint density at radius 3 is 2.14 bits per heavy atom. The van der Waals surface area contributed by atoms with E-state index >= 15 is 0 Å². The third-order valence-corrected chi connectivity index (χ3v) is 6.78. The van der Waals surface area contributed by atoms with Gasteiger partial charge in [-0.2, -0.15) is 0 Å². The Balaban J connectivity index is 2.01. The van der Waals surface area contributed by atoms with E-state index in [0.717, 1.165) is 30.6 Å². The number of benzene rings is 2. The van der Waals surface area contributed by atoms with Crippen molar-refractivity contribution in [3.8, 4) is 0 Å². The molecule has 0 saturated heterocycles. The highest BCUT2D eigenvalue weighted by atomic mass is 35.5. The van der Waals surface area contributed by atoms with Gasteiger partial charge in [0.15, 0.2) is 0 Å². The normalized spacial score (nSPS) is 10.4. The third-order valence-electron chi connectivity index (χ3n) is 4.76. The molecule has 15 heteroatoms. The van der Waals surface area contributed by atoms with E-state index < -0.39 is 44.6 Å². The van der Waals surface area contributed by atoms with Crippen LogP contribution in [0.3, 0.4) is 0 Å². The number of nitrogens with one attached hydrogen (secondary N) is 2. The van der Waals surface area contributed by atoms with Gasteiger partial charge in [0.1, 0.15) is 5.00 Å². The van der Waals surface area contributed by atoms with E-state index in [2.05, 4.69) is 10.6 Å². The van der Waals surface area contributed by atoms with Crippen molar-refractivity contribution in [3.63, 3.8) is 0 Å². The van der Waals surface area contributed by atoms with Gasteiger partial charge in [-0.1, -0.05) is 29.3 Å². The van der Waals surface area contributed by atoms with Gasteiger partial charge in [0.25, 0.3) is 23.2 Å². The second-order valence-electron chi connectivity index (χ2n) is 7.01. The molecule has 0 radical (unpaired) electrons. The zero-order valence-electron chi connectivity index (χ0n) is 18.3. The number of nitro benzene ring substituents is 2. The largest absolute Gasteiger partial charge is 0.465 e. The van der Waals surface area contributed by atoms with Crippen LogP contribution in [0.4, 0.5) is 22.1 Å². The van der Waals surface area contributed by atoms with Crippen molar-refractivity contribution in [1.29, 1.82) is 0 Å². The van der Waals surface area contributed by atoms with Crippen molar-refractivity contribution in [2.45, 2.75) is 6.92 Å². The van der Waals surface area contributed by atoms with Crippen LogP contribution in [-0.2, 0) is 4.74 Å². The molecule has 0 fully saturated rings. The number of anilines is 2. The van der Waals surface area contributed by atoms with Gasteiger partial charge in [-0.15, -0.1) is 11.3 Å². The number of carbonyl (C=O) groups is 3. The summed E-state index contributed by atoms with van der Waals surface area (Å²) < 4.78 is 4.76. The fraction of sp³-hybridized carbons (Fsp3) is 0.0952. The molecule has 0 atom stereocenters. The number of carbonyl (C=O) groups excluding carboxylic acids is 3. The number of rotatable bonds is 7. The Morgan fingerprint density at radius 2 is 1.58 bits per heavy atom. The molecular formula is C21H14Cl2N4O8S. The van der Waals surface area contributed by atoms with E-state index in [4.69, 9.17) is 27.9 Å². The predicted molar refractivity (Wildman–Crippen MR) is 133 cm³/mol. The molecule has 2 amide bonds. The third kappa shape index (κ3) is 5.43. The summed E-state index contributed by atoms with van der Waals surface area (Å²) in [6.45, 7) is 1.45. The number of methoxy groups -OCH3 is 1. The number of amides is 2.